The zero-order valence-corrected chi connectivity index (χ0v) is 23.7. The van der Waals surface area contributed by atoms with Crippen molar-refractivity contribution in [1.29, 1.82) is 0 Å². The smallest absolute Gasteiger partial charge is 0.335 e. The Morgan fingerprint density at radius 1 is 1.15 bits per heavy atom. The second-order valence-corrected chi connectivity index (χ2v) is 11.7. The minimum atomic E-state index is -0.917. The molecule has 1 aliphatic carbocycles. The lowest BCUT2D eigenvalue weighted by Gasteiger charge is -2.31. The number of aromatic carboxylic acids is 1. The van der Waals surface area contributed by atoms with Crippen molar-refractivity contribution in [2.24, 2.45) is 0 Å². The van der Waals surface area contributed by atoms with Gasteiger partial charge in [-0.3, -0.25) is 0 Å². The van der Waals surface area contributed by atoms with E-state index in [-0.39, 0.29) is 6.10 Å². The van der Waals surface area contributed by atoms with E-state index in [0.717, 1.165) is 72.0 Å². The molecule has 0 unspecified atom stereocenters. The molecular formula is C29H27Cl2N3O4S. The van der Waals surface area contributed by atoms with Crippen LogP contribution in [0.5, 0.6) is 0 Å². The summed E-state index contributed by atoms with van der Waals surface area (Å²) in [5.74, 6) is 0.358. The standard InChI is InChI=1S/C29H27Cl2N3O4S/c1-16-13-18(7-8-20(16)28(35)36)24-15-39-29(32-24)34-11-9-19(10-12-34)37-14-21-26(33-38-27(21)17-5-6-17)25-22(30)3-2-4-23(25)31/h2-4,7-8,13,15,17,19H,5-6,9-12,14H2,1H3,(H,35,36). The highest BCUT2D eigenvalue weighted by atomic mass is 35.5. The molecule has 4 aromatic rings. The highest BCUT2D eigenvalue weighted by molar-refractivity contribution is 7.14. The number of thiazole rings is 1. The molecule has 202 valence electrons. The predicted molar refractivity (Wildman–Crippen MR) is 153 cm³/mol. The van der Waals surface area contributed by atoms with E-state index in [1.807, 2.05) is 42.6 Å². The fourth-order valence-electron chi connectivity index (χ4n) is 5.07. The van der Waals surface area contributed by atoms with Gasteiger partial charge in [0.15, 0.2) is 5.13 Å². The van der Waals surface area contributed by atoms with Crippen LogP contribution >= 0.6 is 34.5 Å². The Bertz CT molecular complexity index is 1500. The summed E-state index contributed by atoms with van der Waals surface area (Å²) in [5, 5.41) is 17.7. The van der Waals surface area contributed by atoms with Crippen LogP contribution in [0.2, 0.25) is 10.0 Å². The molecule has 7 nitrogen and oxygen atoms in total. The van der Waals surface area contributed by atoms with Gasteiger partial charge in [0, 0.05) is 41.1 Å². The van der Waals surface area contributed by atoms with Crippen molar-refractivity contribution >= 4 is 45.6 Å². The molecule has 0 bridgehead atoms. The molecule has 0 atom stereocenters. The molecule has 0 spiro atoms. The molecule has 2 aromatic carbocycles. The first-order valence-corrected chi connectivity index (χ1v) is 14.6. The number of rotatable bonds is 8. The summed E-state index contributed by atoms with van der Waals surface area (Å²) >= 11 is 14.6. The van der Waals surface area contributed by atoms with Crippen LogP contribution in [-0.4, -0.2) is 40.4 Å². The van der Waals surface area contributed by atoms with Crippen molar-refractivity contribution in [3.8, 4) is 22.5 Å². The quantitative estimate of drug-likeness (QED) is 0.226. The Hall–Kier alpha value is -2.91. The summed E-state index contributed by atoms with van der Waals surface area (Å²) in [6, 6.07) is 10.8. The monoisotopic (exact) mass is 583 g/mol. The lowest BCUT2D eigenvalue weighted by Crippen LogP contribution is -2.37. The molecule has 0 amide bonds. The first-order chi connectivity index (χ1) is 18.9. The zero-order valence-electron chi connectivity index (χ0n) is 21.3. The van der Waals surface area contributed by atoms with Crippen LogP contribution in [-0.2, 0) is 11.3 Å². The topological polar surface area (TPSA) is 88.7 Å². The van der Waals surface area contributed by atoms with Gasteiger partial charge in [0.25, 0.3) is 0 Å². The fraction of sp³-hybridized carbons (Fsp3) is 0.345. The average Bonchev–Trinajstić information content (AvgIpc) is 3.49. The van der Waals surface area contributed by atoms with Gasteiger partial charge in [-0.25, -0.2) is 9.78 Å². The third kappa shape index (κ3) is 5.43. The summed E-state index contributed by atoms with van der Waals surface area (Å²) in [5.41, 5.74) is 5.14. The molecule has 6 rings (SSSR count). The number of hydrogen-bond acceptors (Lipinski definition) is 7. The number of aryl methyl sites for hydroxylation is 1. The van der Waals surface area contributed by atoms with Gasteiger partial charge in [0.05, 0.1) is 34.0 Å². The van der Waals surface area contributed by atoms with Gasteiger partial charge in [-0.1, -0.05) is 40.5 Å². The first kappa shape index (κ1) is 26.3. The van der Waals surface area contributed by atoms with E-state index >= 15 is 0 Å². The third-order valence-corrected chi connectivity index (χ3v) is 8.92. The van der Waals surface area contributed by atoms with Crippen molar-refractivity contribution < 1.29 is 19.2 Å². The summed E-state index contributed by atoms with van der Waals surface area (Å²) in [4.78, 5) is 18.5. The predicted octanol–water partition coefficient (Wildman–Crippen LogP) is 7.84. The number of benzene rings is 2. The number of nitrogens with zero attached hydrogens (tertiary/aromatic N) is 3. The lowest BCUT2D eigenvalue weighted by atomic mass is 10.0. The summed E-state index contributed by atoms with van der Waals surface area (Å²) in [6.45, 7) is 3.90. The Kier molecular flexibility index (Phi) is 7.37. The molecule has 3 heterocycles. The molecule has 2 aliphatic rings. The number of hydrogen-bond donors (Lipinski definition) is 1. The fourth-order valence-corrected chi connectivity index (χ4v) is 6.53. The second-order valence-electron chi connectivity index (χ2n) is 10.1. The Morgan fingerprint density at radius 2 is 1.90 bits per heavy atom. The number of ether oxygens (including phenoxy) is 1. The molecule has 1 N–H and O–H groups in total. The zero-order chi connectivity index (χ0) is 27.1. The maximum absolute atomic E-state index is 11.3. The second kappa shape index (κ2) is 10.9. The highest BCUT2D eigenvalue weighted by Gasteiger charge is 2.34. The van der Waals surface area contributed by atoms with Crippen LogP contribution in [0.4, 0.5) is 5.13 Å². The Labute approximate surface area is 240 Å². The minimum absolute atomic E-state index is 0.114. The third-order valence-electron chi connectivity index (χ3n) is 7.39. The van der Waals surface area contributed by atoms with Crippen LogP contribution in [0.25, 0.3) is 22.5 Å². The van der Waals surface area contributed by atoms with Crippen molar-refractivity contribution in [2.75, 3.05) is 18.0 Å². The molecular weight excluding hydrogens is 557 g/mol. The maximum Gasteiger partial charge on any atom is 0.335 e. The van der Waals surface area contributed by atoms with Crippen molar-refractivity contribution in [3.05, 3.63) is 74.3 Å². The van der Waals surface area contributed by atoms with E-state index in [1.165, 1.54) is 0 Å². The van der Waals surface area contributed by atoms with E-state index in [0.29, 0.717) is 39.4 Å². The SMILES string of the molecule is Cc1cc(-c2csc(N3CCC(OCc4c(-c5c(Cl)cccc5Cl)noc4C4CC4)CC3)n2)ccc1C(=O)O. The number of carboxylic acids is 1. The molecule has 1 saturated carbocycles. The summed E-state index contributed by atoms with van der Waals surface area (Å²) in [7, 11) is 0. The van der Waals surface area contributed by atoms with Gasteiger partial charge in [0.2, 0.25) is 0 Å². The normalized spacial score (nSPS) is 16.1. The Balaban J connectivity index is 1.11. The lowest BCUT2D eigenvalue weighted by molar-refractivity contribution is 0.0246. The maximum atomic E-state index is 11.3. The molecule has 1 saturated heterocycles. The number of halogens is 2. The number of carboxylic acid groups (broad SMARTS) is 1. The number of aromatic nitrogens is 2. The van der Waals surface area contributed by atoms with Crippen LogP contribution < -0.4 is 4.90 Å². The van der Waals surface area contributed by atoms with Crippen LogP contribution in [0.3, 0.4) is 0 Å². The van der Waals surface area contributed by atoms with Gasteiger partial charge in [-0.05, 0) is 62.4 Å². The van der Waals surface area contributed by atoms with Crippen molar-refractivity contribution in [3.63, 3.8) is 0 Å². The Morgan fingerprint density at radius 3 is 2.56 bits per heavy atom. The van der Waals surface area contributed by atoms with Gasteiger partial charge in [-0.15, -0.1) is 11.3 Å². The number of piperidine rings is 1. The summed E-state index contributed by atoms with van der Waals surface area (Å²) < 4.78 is 12.2. The van der Waals surface area contributed by atoms with Crippen molar-refractivity contribution in [1.82, 2.24) is 10.1 Å². The van der Waals surface area contributed by atoms with E-state index in [9.17, 15) is 9.90 Å². The van der Waals surface area contributed by atoms with E-state index in [2.05, 4.69) is 10.1 Å². The summed E-state index contributed by atoms with van der Waals surface area (Å²) in [6.07, 6.45) is 4.06. The van der Waals surface area contributed by atoms with Gasteiger partial charge in [0.1, 0.15) is 11.5 Å². The van der Waals surface area contributed by atoms with E-state index < -0.39 is 5.97 Å². The van der Waals surface area contributed by atoms with Crippen LogP contribution in [0.15, 0.2) is 46.3 Å². The minimum Gasteiger partial charge on any atom is -0.478 e. The average molecular weight is 585 g/mol. The highest BCUT2D eigenvalue weighted by Crippen LogP contribution is 2.46. The molecule has 2 aromatic heterocycles. The van der Waals surface area contributed by atoms with E-state index in [1.54, 1.807) is 17.4 Å². The molecule has 10 heteroatoms. The molecule has 39 heavy (non-hydrogen) atoms. The van der Waals surface area contributed by atoms with Gasteiger partial charge < -0.3 is 19.3 Å². The van der Waals surface area contributed by atoms with Gasteiger partial charge in [-0.2, -0.15) is 0 Å². The molecule has 1 aliphatic heterocycles. The molecule has 0 radical (unpaired) electrons. The van der Waals surface area contributed by atoms with Crippen molar-refractivity contribution in [2.45, 2.75) is 51.2 Å². The largest absolute Gasteiger partial charge is 0.478 e. The van der Waals surface area contributed by atoms with E-state index in [4.69, 9.17) is 37.4 Å². The number of carbonyl (C=O) groups is 1. The van der Waals surface area contributed by atoms with Crippen LogP contribution in [0.1, 0.15) is 58.8 Å². The first-order valence-electron chi connectivity index (χ1n) is 13.0. The molecule has 2 fully saturated rings. The van der Waals surface area contributed by atoms with Crippen LogP contribution in [0, 0.1) is 6.92 Å². The number of anilines is 1. The van der Waals surface area contributed by atoms with Gasteiger partial charge >= 0.3 is 5.97 Å².